The fourth-order valence-corrected chi connectivity index (χ4v) is 1.81. The van der Waals surface area contributed by atoms with Crippen LogP contribution in [-0.4, -0.2) is 4.99 Å². The van der Waals surface area contributed by atoms with Crippen molar-refractivity contribution in [1.82, 2.24) is 0 Å². The van der Waals surface area contributed by atoms with E-state index in [0.29, 0.717) is 16.3 Å². The molecule has 92 valence electrons. The van der Waals surface area contributed by atoms with Gasteiger partial charge in [0.1, 0.15) is 10.8 Å². The van der Waals surface area contributed by atoms with Crippen molar-refractivity contribution in [3.63, 3.8) is 0 Å². The molecule has 0 saturated carbocycles. The standard InChI is InChI=1S/C13H10ClFN2S/c14-8-1-4-10(5-2-8)17-12-6-3-9(15)7-11(12)13(16)18/h1-7,17H,(H2,16,18). The van der Waals surface area contributed by atoms with Crippen LogP contribution in [-0.2, 0) is 0 Å². The second-order valence-electron chi connectivity index (χ2n) is 3.69. The highest BCUT2D eigenvalue weighted by Gasteiger charge is 2.07. The molecule has 0 spiro atoms. The van der Waals surface area contributed by atoms with Crippen LogP contribution in [0.5, 0.6) is 0 Å². The van der Waals surface area contributed by atoms with Crippen molar-refractivity contribution in [2.24, 2.45) is 5.73 Å². The Kier molecular flexibility index (Phi) is 3.79. The third-order valence-corrected chi connectivity index (χ3v) is 2.84. The highest BCUT2D eigenvalue weighted by atomic mass is 35.5. The highest BCUT2D eigenvalue weighted by Crippen LogP contribution is 2.23. The van der Waals surface area contributed by atoms with Gasteiger partial charge in [0, 0.05) is 22.0 Å². The van der Waals surface area contributed by atoms with Gasteiger partial charge < -0.3 is 11.1 Å². The van der Waals surface area contributed by atoms with Gasteiger partial charge in [-0.25, -0.2) is 4.39 Å². The average molecular weight is 281 g/mol. The third-order valence-electron chi connectivity index (χ3n) is 2.37. The Labute approximate surface area is 115 Å². The molecule has 3 N–H and O–H groups in total. The fourth-order valence-electron chi connectivity index (χ4n) is 1.52. The molecule has 0 unspecified atom stereocenters. The molecule has 5 heteroatoms. The number of halogens is 2. The fraction of sp³-hybridized carbons (Fsp3) is 0. The van der Waals surface area contributed by atoms with E-state index in [4.69, 9.17) is 29.6 Å². The number of hydrogen-bond acceptors (Lipinski definition) is 2. The number of rotatable bonds is 3. The van der Waals surface area contributed by atoms with Gasteiger partial charge in [-0.1, -0.05) is 23.8 Å². The lowest BCUT2D eigenvalue weighted by molar-refractivity contribution is 0.628. The van der Waals surface area contributed by atoms with E-state index in [1.54, 1.807) is 18.2 Å². The number of benzene rings is 2. The Balaban J connectivity index is 2.34. The quantitative estimate of drug-likeness (QED) is 0.839. The Bertz CT molecular complexity index is 584. The molecule has 0 aromatic heterocycles. The predicted molar refractivity (Wildman–Crippen MR) is 77.0 cm³/mol. The molecular weight excluding hydrogens is 271 g/mol. The molecule has 0 aliphatic rings. The molecule has 0 heterocycles. The number of nitrogens with two attached hydrogens (primary N) is 1. The smallest absolute Gasteiger partial charge is 0.124 e. The van der Waals surface area contributed by atoms with Crippen LogP contribution in [0.15, 0.2) is 42.5 Å². The maximum absolute atomic E-state index is 13.1. The molecule has 0 bridgehead atoms. The largest absolute Gasteiger partial charge is 0.389 e. The minimum atomic E-state index is -0.376. The molecule has 0 aliphatic carbocycles. The Hall–Kier alpha value is -1.65. The maximum Gasteiger partial charge on any atom is 0.124 e. The van der Waals surface area contributed by atoms with Gasteiger partial charge in [0.25, 0.3) is 0 Å². The van der Waals surface area contributed by atoms with Crippen LogP contribution in [0.4, 0.5) is 15.8 Å². The van der Waals surface area contributed by atoms with E-state index in [1.807, 2.05) is 12.1 Å². The minimum Gasteiger partial charge on any atom is -0.389 e. The summed E-state index contributed by atoms with van der Waals surface area (Å²) in [6, 6.07) is 11.4. The predicted octanol–water partition coefficient (Wildman–Crippen LogP) is 3.86. The van der Waals surface area contributed by atoms with E-state index in [2.05, 4.69) is 5.32 Å². The summed E-state index contributed by atoms with van der Waals surface area (Å²) in [7, 11) is 0. The Morgan fingerprint density at radius 1 is 1.17 bits per heavy atom. The molecule has 18 heavy (non-hydrogen) atoms. The first-order valence-electron chi connectivity index (χ1n) is 5.18. The normalized spacial score (nSPS) is 10.1. The van der Waals surface area contributed by atoms with Crippen LogP contribution in [0.3, 0.4) is 0 Å². The van der Waals surface area contributed by atoms with Crippen molar-refractivity contribution in [2.45, 2.75) is 0 Å². The van der Waals surface area contributed by atoms with E-state index in [0.717, 1.165) is 5.69 Å². The molecule has 0 fully saturated rings. The van der Waals surface area contributed by atoms with Crippen molar-refractivity contribution in [2.75, 3.05) is 5.32 Å². The van der Waals surface area contributed by atoms with Gasteiger partial charge >= 0.3 is 0 Å². The van der Waals surface area contributed by atoms with E-state index in [-0.39, 0.29) is 10.8 Å². The van der Waals surface area contributed by atoms with E-state index < -0.39 is 0 Å². The number of thiocarbonyl (C=S) groups is 1. The summed E-state index contributed by atoms with van der Waals surface area (Å²) in [6.07, 6.45) is 0. The molecule has 2 nitrogen and oxygen atoms in total. The summed E-state index contributed by atoms with van der Waals surface area (Å²) in [5, 5.41) is 3.76. The van der Waals surface area contributed by atoms with Crippen LogP contribution < -0.4 is 11.1 Å². The van der Waals surface area contributed by atoms with E-state index >= 15 is 0 Å². The van der Waals surface area contributed by atoms with Gasteiger partial charge in [-0.15, -0.1) is 0 Å². The van der Waals surface area contributed by atoms with Gasteiger partial charge in [-0.2, -0.15) is 0 Å². The number of anilines is 2. The van der Waals surface area contributed by atoms with Crippen LogP contribution in [0, 0.1) is 5.82 Å². The average Bonchev–Trinajstić information content (AvgIpc) is 2.34. The maximum atomic E-state index is 13.1. The lowest BCUT2D eigenvalue weighted by Gasteiger charge is -2.11. The first kappa shape index (κ1) is 12.8. The Morgan fingerprint density at radius 3 is 2.44 bits per heavy atom. The lowest BCUT2D eigenvalue weighted by atomic mass is 10.1. The molecule has 0 amide bonds. The highest BCUT2D eigenvalue weighted by molar-refractivity contribution is 7.80. The molecule has 0 aliphatic heterocycles. The zero-order chi connectivity index (χ0) is 13.1. The monoisotopic (exact) mass is 280 g/mol. The number of nitrogens with one attached hydrogen (secondary N) is 1. The zero-order valence-electron chi connectivity index (χ0n) is 9.28. The SMILES string of the molecule is NC(=S)c1cc(F)ccc1Nc1ccc(Cl)cc1. The van der Waals surface area contributed by atoms with Crippen molar-refractivity contribution in [3.05, 3.63) is 58.9 Å². The van der Waals surface area contributed by atoms with Crippen LogP contribution >= 0.6 is 23.8 Å². The molecule has 0 saturated heterocycles. The summed E-state index contributed by atoms with van der Waals surface area (Å²) >= 11 is 10.7. The molecule has 0 atom stereocenters. The second-order valence-corrected chi connectivity index (χ2v) is 4.56. The van der Waals surface area contributed by atoms with Gasteiger partial charge in [0.2, 0.25) is 0 Å². The van der Waals surface area contributed by atoms with Crippen molar-refractivity contribution < 1.29 is 4.39 Å². The zero-order valence-corrected chi connectivity index (χ0v) is 10.9. The Morgan fingerprint density at radius 2 is 1.83 bits per heavy atom. The summed E-state index contributed by atoms with van der Waals surface area (Å²) < 4.78 is 13.1. The molecule has 2 aromatic carbocycles. The van der Waals surface area contributed by atoms with E-state index in [1.165, 1.54) is 12.1 Å². The molecule has 0 radical (unpaired) electrons. The van der Waals surface area contributed by atoms with Crippen molar-refractivity contribution in [3.8, 4) is 0 Å². The van der Waals surface area contributed by atoms with Crippen molar-refractivity contribution >= 4 is 40.2 Å². The van der Waals surface area contributed by atoms with Gasteiger partial charge in [0.05, 0.1) is 0 Å². The third kappa shape index (κ3) is 2.97. The summed E-state index contributed by atoms with van der Waals surface area (Å²) in [6.45, 7) is 0. The van der Waals surface area contributed by atoms with Gasteiger partial charge in [0.15, 0.2) is 0 Å². The van der Waals surface area contributed by atoms with E-state index in [9.17, 15) is 4.39 Å². The molecule has 2 rings (SSSR count). The minimum absolute atomic E-state index is 0.144. The first-order valence-corrected chi connectivity index (χ1v) is 5.97. The van der Waals surface area contributed by atoms with Gasteiger partial charge in [-0.3, -0.25) is 0 Å². The summed E-state index contributed by atoms with van der Waals surface area (Å²) in [5.41, 5.74) is 7.52. The van der Waals surface area contributed by atoms with Crippen LogP contribution in [0.1, 0.15) is 5.56 Å². The lowest BCUT2D eigenvalue weighted by Crippen LogP contribution is -2.12. The topological polar surface area (TPSA) is 38.0 Å². The second kappa shape index (κ2) is 5.33. The van der Waals surface area contributed by atoms with Gasteiger partial charge in [-0.05, 0) is 42.5 Å². The van der Waals surface area contributed by atoms with Crippen molar-refractivity contribution in [1.29, 1.82) is 0 Å². The first-order chi connectivity index (χ1) is 8.56. The summed E-state index contributed by atoms with van der Waals surface area (Å²) in [5.74, 6) is -0.376. The number of hydrogen-bond donors (Lipinski definition) is 2. The van der Waals surface area contributed by atoms with Crippen LogP contribution in [0.2, 0.25) is 5.02 Å². The summed E-state index contributed by atoms with van der Waals surface area (Å²) in [4.78, 5) is 0.144. The molecular formula is C13H10ClFN2S. The van der Waals surface area contributed by atoms with Crippen LogP contribution in [0.25, 0.3) is 0 Å². The molecule has 2 aromatic rings.